The van der Waals surface area contributed by atoms with E-state index >= 15 is 0 Å². The smallest absolute Gasteiger partial charge is 0.315 e. The summed E-state index contributed by atoms with van der Waals surface area (Å²) >= 11 is 0. The SMILES string of the molecule is c1ccc2c(C[C@@H](CNc3nn[nH]n3)Nc3nnc(C45CC6CC(C4)C(C6)C5)o3)c[nH]c2c1. The zero-order chi connectivity index (χ0) is 21.8. The molecule has 10 nitrogen and oxygen atoms in total. The van der Waals surface area contributed by atoms with Crippen molar-refractivity contribution in [3.8, 4) is 0 Å². The second kappa shape index (κ2) is 7.29. The largest absolute Gasteiger partial charge is 0.408 e. The fourth-order valence-corrected chi connectivity index (χ4v) is 6.93. The van der Waals surface area contributed by atoms with Gasteiger partial charge in [-0.05, 0) is 73.1 Å². The van der Waals surface area contributed by atoms with E-state index in [1.54, 1.807) is 0 Å². The second-order valence-corrected chi connectivity index (χ2v) is 10.2. The van der Waals surface area contributed by atoms with Gasteiger partial charge >= 0.3 is 6.01 Å². The number of nitrogens with zero attached hydrogens (tertiary/aromatic N) is 5. The maximum atomic E-state index is 6.27. The fraction of sp³-hybridized carbons (Fsp3) is 0.522. The van der Waals surface area contributed by atoms with Crippen LogP contribution in [0.4, 0.5) is 12.0 Å². The van der Waals surface area contributed by atoms with Gasteiger partial charge in [0.2, 0.25) is 5.89 Å². The van der Waals surface area contributed by atoms with Gasteiger partial charge in [0.15, 0.2) is 0 Å². The Morgan fingerprint density at radius 1 is 1.09 bits per heavy atom. The molecule has 4 bridgehead atoms. The number of fused-ring (bicyclic) bond motifs is 1. The molecule has 4 aromatic rings. The molecule has 0 radical (unpaired) electrons. The van der Waals surface area contributed by atoms with Crippen molar-refractivity contribution in [1.29, 1.82) is 0 Å². The summed E-state index contributed by atoms with van der Waals surface area (Å²) in [5.74, 6) is 3.87. The molecular formula is C23H27N9O. The average molecular weight is 446 g/mol. The number of rotatable bonds is 8. The molecule has 3 heterocycles. The quantitative estimate of drug-likeness (QED) is 0.325. The number of tetrazole rings is 1. The summed E-state index contributed by atoms with van der Waals surface area (Å²) < 4.78 is 6.27. The predicted molar refractivity (Wildman–Crippen MR) is 122 cm³/mol. The molecule has 4 N–H and O–H groups in total. The second-order valence-electron chi connectivity index (χ2n) is 10.2. The van der Waals surface area contributed by atoms with Gasteiger partial charge in [0, 0.05) is 29.1 Å². The average Bonchev–Trinajstić information content (AvgIpc) is 3.63. The molecule has 0 saturated heterocycles. The van der Waals surface area contributed by atoms with E-state index in [-0.39, 0.29) is 11.5 Å². The number of aromatic nitrogens is 7. The van der Waals surface area contributed by atoms with Crippen molar-refractivity contribution in [3.63, 3.8) is 0 Å². The van der Waals surface area contributed by atoms with Crippen LogP contribution in [0.15, 0.2) is 34.9 Å². The van der Waals surface area contributed by atoms with Gasteiger partial charge in [-0.25, -0.2) is 0 Å². The molecular weight excluding hydrogens is 418 g/mol. The van der Waals surface area contributed by atoms with Crippen LogP contribution >= 0.6 is 0 Å². The predicted octanol–water partition coefficient (Wildman–Crippen LogP) is 3.28. The number of benzene rings is 1. The van der Waals surface area contributed by atoms with E-state index in [2.05, 4.69) is 70.8 Å². The first kappa shape index (κ1) is 19.1. The third-order valence-corrected chi connectivity index (χ3v) is 8.12. The van der Waals surface area contributed by atoms with Crippen molar-refractivity contribution in [2.24, 2.45) is 17.8 Å². The Morgan fingerprint density at radius 2 is 1.97 bits per heavy atom. The standard InChI is InChI=1S/C23H27N9O/c1-2-4-19-18(3-1)16(11-24-19)7-17(12-25-21-28-31-32-29-21)26-22-30-27-20(33-22)23-8-13-5-14(9-23)15(6-13)10-23/h1-4,11,13-15,17,24H,5-10,12H2,(H,26,30)(H2,25,28,29,31,32)/t13?,14?,15?,17-,23?/m0/s1. The van der Waals surface area contributed by atoms with E-state index < -0.39 is 0 Å². The molecule has 4 saturated carbocycles. The minimum atomic E-state index is -0.00964. The molecule has 3 atom stereocenters. The molecule has 4 aliphatic rings. The lowest BCUT2D eigenvalue weighted by Crippen LogP contribution is -2.32. The summed E-state index contributed by atoms with van der Waals surface area (Å²) in [6, 6.07) is 8.81. The van der Waals surface area contributed by atoms with E-state index in [1.165, 1.54) is 43.1 Å². The van der Waals surface area contributed by atoms with Gasteiger partial charge in [0.05, 0.1) is 6.04 Å². The number of hydrogen-bond donors (Lipinski definition) is 4. The van der Waals surface area contributed by atoms with Crippen LogP contribution < -0.4 is 10.6 Å². The number of nitrogens with one attached hydrogen (secondary N) is 4. The van der Waals surface area contributed by atoms with Crippen LogP contribution in [-0.2, 0) is 11.8 Å². The Balaban J connectivity index is 1.12. The van der Waals surface area contributed by atoms with Gasteiger partial charge in [0.1, 0.15) is 0 Å². The third kappa shape index (κ3) is 3.27. The van der Waals surface area contributed by atoms with E-state index in [4.69, 9.17) is 4.42 Å². The van der Waals surface area contributed by atoms with E-state index in [9.17, 15) is 0 Å². The van der Waals surface area contributed by atoms with E-state index in [0.29, 0.717) is 18.5 Å². The van der Waals surface area contributed by atoms with Gasteiger partial charge in [0.25, 0.3) is 5.95 Å². The molecule has 2 unspecified atom stereocenters. The van der Waals surface area contributed by atoms with Crippen LogP contribution in [0.1, 0.15) is 43.6 Å². The van der Waals surface area contributed by atoms with Crippen molar-refractivity contribution >= 4 is 22.9 Å². The number of H-pyrrole nitrogens is 2. The zero-order valence-electron chi connectivity index (χ0n) is 18.3. The minimum absolute atomic E-state index is 0.00964. The van der Waals surface area contributed by atoms with Crippen LogP contribution in [0, 0.1) is 17.8 Å². The summed E-state index contributed by atoms with van der Waals surface area (Å²) in [6.45, 7) is 0.577. The van der Waals surface area contributed by atoms with Gasteiger partial charge < -0.3 is 20.0 Å². The van der Waals surface area contributed by atoms with Crippen LogP contribution in [0.25, 0.3) is 10.9 Å². The van der Waals surface area contributed by atoms with Crippen molar-refractivity contribution in [1.82, 2.24) is 35.8 Å². The Labute approximate surface area is 190 Å². The highest BCUT2D eigenvalue weighted by Crippen LogP contribution is 2.64. The zero-order valence-corrected chi connectivity index (χ0v) is 18.3. The Kier molecular flexibility index (Phi) is 4.22. The topological polar surface area (TPSA) is 133 Å². The molecule has 4 fully saturated rings. The van der Waals surface area contributed by atoms with Gasteiger partial charge in [-0.2, -0.15) is 5.21 Å². The summed E-state index contributed by atoms with van der Waals surface area (Å²) in [5, 5.41) is 31.0. The van der Waals surface area contributed by atoms with Gasteiger partial charge in [-0.3, -0.25) is 0 Å². The van der Waals surface area contributed by atoms with Crippen LogP contribution in [0.2, 0.25) is 0 Å². The maximum Gasteiger partial charge on any atom is 0.315 e. The van der Waals surface area contributed by atoms with Crippen molar-refractivity contribution in [2.45, 2.75) is 50.0 Å². The monoisotopic (exact) mass is 445 g/mol. The van der Waals surface area contributed by atoms with Crippen molar-refractivity contribution in [2.75, 3.05) is 17.2 Å². The van der Waals surface area contributed by atoms with Crippen LogP contribution in [-0.4, -0.2) is 48.4 Å². The molecule has 0 spiro atoms. The van der Waals surface area contributed by atoms with Crippen LogP contribution in [0.3, 0.4) is 0 Å². The number of hydrogen-bond acceptors (Lipinski definition) is 8. The Morgan fingerprint density at radius 3 is 2.79 bits per heavy atom. The lowest BCUT2D eigenvalue weighted by Gasteiger charge is -2.35. The molecule has 170 valence electrons. The number of aromatic amines is 2. The van der Waals surface area contributed by atoms with E-state index in [0.717, 1.165) is 35.6 Å². The first-order valence-electron chi connectivity index (χ1n) is 11.9. The molecule has 0 aliphatic heterocycles. The Hall–Kier alpha value is -3.43. The van der Waals surface area contributed by atoms with Crippen molar-refractivity contribution in [3.05, 3.63) is 41.9 Å². The number of para-hydroxylation sites is 1. The molecule has 4 aliphatic carbocycles. The Bertz CT molecular complexity index is 1240. The highest BCUT2D eigenvalue weighted by atomic mass is 16.4. The summed E-state index contributed by atoms with van der Waals surface area (Å²) in [4.78, 5) is 3.36. The molecule has 3 aromatic heterocycles. The summed E-state index contributed by atoms with van der Waals surface area (Å²) in [7, 11) is 0. The lowest BCUT2D eigenvalue weighted by molar-refractivity contribution is 0.190. The first-order chi connectivity index (χ1) is 16.2. The van der Waals surface area contributed by atoms with E-state index in [1.807, 2.05) is 6.07 Å². The summed E-state index contributed by atoms with van der Waals surface area (Å²) in [5.41, 5.74) is 2.46. The summed E-state index contributed by atoms with van der Waals surface area (Å²) in [6.07, 6.45) is 9.28. The molecule has 0 amide bonds. The maximum absolute atomic E-state index is 6.27. The molecule has 8 rings (SSSR count). The van der Waals surface area contributed by atoms with Gasteiger partial charge in [-0.15, -0.1) is 10.2 Å². The highest BCUT2D eigenvalue weighted by molar-refractivity contribution is 5.83. The molecule has 10 heteroatoms. The fourth-order valence-electron chi connectivity index (χ4n) is 6.93. The van der Waals surface area contributed by atoms with Crippen molar-refractivity contribution < 1.29 is 4.42 Å². The van der Waals surface area contributed by atoms with Gasteiger partial charge in [-0.1, -0.05) is 28.4 Å². The molecule has 33 heavy (non-hydrogen) atoms. The first-order valence-corrected chi connectivity index (χ1v) is 11.9. The minimum Gasteiger partial charge on any atom is -0.408 e. The third-order valence-electron chi connectivity index (χ3n) is 8.12. The van der Waals surface area contributed by atoms with Crippen LogP contribution in [0.5, 0.6) is 0 Å². The molecule has 1 aromatic carbocycles. The highest BCUT2D eigenvalue weighted by Gasteiger charge is 2.58. The normalized spacial score (nSPS) is 28.5. The number of anilines is 2. The lowest BCUT2D eigenvalue weighted by atomic mass is 9.69.